The Labute approximate surface area is 70.3 Å². The van der Waals surface area contributed by atoms with Crippen LogP contribution in [0.5, 0.6) is 0 Å². The first-order valence-corrected chi connectivity index (χ1v) is 4.32. The third kappa shape index (κ3) is 2.04. The molecule has 0 aliphatic heterocycles. The third-order valence-electron chi connectivity index (χ3n) is 1.45. The summed E-state index contributed by atoms with van der Waals surface area (Å²) in [5.74, 6) is 0. The van der Waals surface area contributed by atoms with E-state index in [0.29, 0.717) is 6.42 Å². The van der Waals surface area contributed by atoms with Crippen LogP contribution in [-0.4, -0.2) is 0 Å². The summed E-state index contributed by atoms with van der Waals surface area (Å²) in [7, 11) is 0. The van der Waals surface area contributed by atoms with Gasteiger partial charge in [-0.3, -0.25) is 0 Å². The first-order chi connectivity index (χ1) is 5.24. The summed E-state index contributed by atoms with van der Waals surface area (Å²) in [4.78, 5) is 1.10. The van der Waals surface area contributed by atoms with E-state index in [-0.39, 0.29) is 6.04 Å². The van der Waals surface area contributed by atoms with Crippen LogP contribution in [-0.2, 0) is 6.42 Å². The van der Waals surface area contributed by atoms with Crippen molar-refractivity contribution >= 4 is 11.3 Å². The van der Waals surface area contributed by atoms with Crippen LogP contribution < -0.4 is 5.73 Å². The van der Waals surface area contributed by atoms with E-state index in [1.165, 1.54) is 0 Å². The zero-order chi connectivity index (χ0) is 8.27. The molecule has 0 saturated heterocycles. The monoisotopic (exact) mass is 166 g/mol. The Kier molecular flexibility index (Phi) is 2.64. The van der Waals surface area contributed by atoms with E-state index in [0.717, 1.165) is 10.4 Å². The first kappa shape index (κ1) is 8.25. The van der Waals surface area contributed by atoms with Crippen LogP contribution >= 0.6 is 11.3 Å². The molecule has 0 bridgehead atoms. The average molecular weight is 166 g/mol. The summed E-state index contributed by atoms with van der Waals surface area (Å²) in [6.45, 7) is 1.94. The maximum Gasteiger partial charge on any atom is 0.0695 e. The predicted molar refractivity (Wildman–Crippen MR) is 46.2 cm³/mol. The van der Waals surface area contributed by atoms with E-state index in [2.05, 4.69) is 6.07 Å². The van der Waals surface area contributed by atoms with Gasteiger partial charge in [0.05, 0.1) is 12.5 Å². The third-order valence-corrected chi connectivity index (χ3v) is 2.41. The highest BCUT2D eigenvalue weighted by Crippen LogP contribution is 2.19. The molecule has 1 atom stereocenters. The molecule has 2 nitrogen and oxygen atoms in total. The molecule has 1 aromatic rings. The van der Waals surface area contributed by atoms with Crippen molar-refractivity contribution < 1.29 is 0 Å². The van der Waals surface area contributed by atoms with Gasteiger partial charge in [0.1, 0.15) is 0 Å². The zero-order valence-corrected chi connectivity index (χ0v) is 7.19. The molecule has 0 aliphatic carbocycles. The van der Waals surface area contributed by atoms with Crippen molar-refractivity contribution in [3.63, 3.8) is 0 Å². The maximum absolute atomic E-state index is 8.39. The van der Waals surface area contributed by atoms with E-state index >= 15 is 0 Å². The quantitative estimate of drug-likeness (QED) is 0.728. The lowest BCUT2D eigenvalue weighted by Gasteiger charge is -1.97. The highest BCUT2D eigenvalue weighted by atomic mass is 32.1. The van der Waals surface area contributed by atoms with Crippen LogP contribution in [0.25, 0.3) is 0 Å². The molecular weight excluding hydrogens is 156 g/mol. The lowest BCUT2D eigenvalue weighted by atomic mass is 10.2. The van der Waals surface area contributed by atoms with E-state index in [1.54, 1.807) is 11.3 Å². The molecule has 58 valence electrons. The molecular formula is C8H10N2S. The second-order valence-corrected chi connectivity index (χ2v) is 3.47. The molecule has 0 fully saturated rings. The van der Waals surface area contributed by atoms with Gasteiger partial charge in [-0.05, 0) is 23.9 Å². The number of nitrogens with two attached hydrogens (primary N) is 1. The van der Waals surface area contributed by atoms with Crippen molar-refractivity contribution in [1.82, 2.24) is 0 Å². The molecule has 0 spiro atoms. The largest absolute Gasteiger partial charge is 0.324 e. The van der Waals surface area contributed by atoms with Gasteiger partial charge in [-0.1, -0.05) is 0 Å². The predicted octanol–water partition coefficient (Wildman–Crippen LogP) is 1.83. The minimum atomic E-state index is 0.0821. The van der Waals surface area contributed by atoms with Gasteiger partial charge in [0.15, 0.2) is 0 Å². The van der Waals surface area contributed by atoms with E-state index in [9.17, 15) is 0 Å². The summed E-state index contributed by atoms with van der Waals surface area (Å²) in [5, 5.41) is 10.4. The molecule has 2 N–H and O–H groups in total. The molecule has 1 unspecified atom stereocenters. The van der Waals surface area contributed by atoms with Gasteiger partial charge in [0, 0.05) is 10.9 Å². The minimum absolute atomic E-state index is 0.0821. The van der Waals surface area contributed by atoms with Crippen molar-refractivity contribution in [3.8, 4) is 6.07 Å². The molecule has 1 heterocycles. The van der Waals surface area contributed by atoms with Gasteiger partial charge >= 0.3 is 0 Å². The number of rotatable bonds is 2. The highest BCUT2D eigenvalue weighted by molar-refractivity contribution is 7.10. The fraction of sp³-hybridized carbons (Fsp3) is 0.375. The van der Waals surface area contributed by atoms with Crippen molar-refractivity contribution in [3.05, 3.63) is 21.9 Å². The zero-order valence-electron chi connectivity index (χ0n) is 6.37. The fourth-order valence-corrected chi connectivity index (χ4v) is 1.73. The van der Waals surface area contributed by atoms with Crippen LogP contribution in [0, 0.1) is 11.3 Å². The molecule has 1 rings (SSSR count). The lowest BCUT2D eigenvalue weighted by Crippen LogP contribution is -2.02. The molecule has 3 heteroatoms. The molecule has 0 amide bonds. The van der Waals surface area contributed by atoms with Crippen molar-refractivity contribution in [2.24, 2.45) is 5.73 Å². The van der Waals surface area contributed by atoms with Crippen molar-refractivity contribution in [1.29, 1.82) is 5.26 Å². The van der Waals surface area contributed by atoms with Crippen LogP contribution in [0.15, 0.2) is 11.4 Å². The van der Waals surface area contributed by atoms with E-state index in [4.69, 9.17) is 11.0 Å². The number of hydrogen-bond acceptors (Lipinski definition) is 3. The number of thiophene rings is 1. The summed E-state index contributed by atoms with van der Waals surface area (Å²) >= 11 is 1.60. The minimum Gasteiger partial charge on any atom is -0.324 e. The fourth-order valence-electron chi connectivity index (χ4n) is 0.807. The summed E-state index contributed by atoms with van der Waals surface area (Å²) in [6, 6.07) is 4.19. The SMILES string of the molecule is CC(N)c1csc(CC#N)c1. The lowest BCUT2D eigenvalue weighted by molar-refractivity contribution is 0.822. The molecule has 0 aliphatic rings. The van der Waals surface area contributed by atoms with Gasteiger partial charge in [-0.2, -0.15) is 5.26 Å². The van der Waals surface area contributed by atoms with Gasteiger partial charge in [-0.15, -0.1) is 11.3 Å². The molecule has 1 aromatic heterocycles. The average Bonchev–Trinajstić information content (AvgIpc) is 2.37. The smallest absolute Gasteiger partial charge is 0.0695 e. The molecule has 0 saturated carbocycles. The van der Waals surface area contributed by atoms with E-state index < -0.39 is 0 Å². The Hall–Kier alpha value is -0.850. The van der Waals surface area contributed by atoms with Crippen molar-refractivity contribution in [2.75, 3.05) is 0 Å². The van der Waals surface area contributed by atoms with Gasteiger partial charge < -0.3 is 5.73 Å². The van der Waals surface area contributed by atoms with Crippen LogP contribution in [0.4, 0.5) is 0 Å². The number of hydrogen-bond donors (Lipinski definition) is 1. The standard InChI is InChI=1S/C8H10N2S/c1-6(10)7-4-8(2-3-9)11-5-7/h4-6H,2,10H2,1H3. The van der Waals surface area contributed by atoms with Gasteiger partial charge in [0.2, 0.25) is 0 Å². The second-order valence-electron chi connectivity index (χ2n) is 2.47. The summed E-state index contributed by atoms with van der Waals surface area (Å²) < 4.78 is 0. The Bertz CT molecular complexity index is 270. The highest BCUT2D eigenvalue weighted by Gasteiger charge is 2.02. The summed E-state index contributed by atoms with van der Waals surface area (Å²) in [5.41, 5.74) is 6.77. The first-order valence-electron chi connectivity index (χ1n) is 3.44. The number of nitriles is 1. The van der Waals surface area contributed by atoms with Crippen LogP contribution in [0.1, 0.15) is 23.4 Å². The summed E-state index contributed by atoms with van der Waals surface area (Å²) in [6.07, 6.45) is 0.497. The van der Waals surface area contributed by atoms with Crippen LogP contribution in [0.3, 0.4) is 0 Å². The maximum atomic E-state index is 8.39. The van der Waals surface area contributed by atoms with E-state index in [1.807, 2.05) is 18.4 Å². The Morgan fingerprint density at radius 2 is 2.55 bits per heavy atom. The topological polar surface area (TPSA) is 49.8 Å². The second kappa shape index (κ2) is 3.51. The molecule has 0 aromatic carbocycles. The molecule has 11 heavy (non-hydrogen) atoms. The Morgan fingerprint density at radius 3 is 3.00 bits per heavy atom. The van der Waals surface area contributed by atoms with Gasteiger partial charge in [-0.25, -0.2) is 0 Å². The normalized spacial score (nSPS) is 12.5. The van der Waals surface area contributed by atoms with Crippen LogP contribution in [0.2, 0.25) is 0 Å². The Balaban J connectivity index is 2.75. The van der Waals surface area contributed by atoms with Crippen molar-refractivity contribution in [2.45, 2.75) is 19.4 Å². The van der Waals surface area contributed by atoms with Gasteiger partial charge in [0.25, 0.3) is 0 Å². The number of nitrogens with zero attached hydrogens (tertiary/aromatic N) is 1. The molecule has 0 radical (unpaired) electrons. The Morgan fingerprint density at radius 1 is 1.82 bits per heavy atom.